The Labute approximate surface area is 127 Å². The van der Waals surface area contributed by atoms with Crippen LogP contribution in [0.5, 0.6) is 0 Å². The van der Waals surface area contributed by atoms with E-state index in [0.29, 0.717) is 28.5 Å². The van der Waals surface area contributed by atoms with Gasteiger partial charge in [-0.05, 0) is 30.7 Å². The minimum Gasteiger partial charge on any atom is -0.481 e. The summed E-state index contributed by atoms with van der Waals surface area (Å²) < 4.78 is 1.75. The Balaban J connectivity index is 2.17. The zero-order valence-electron chi connectivity index (χ0n) is 11.5. The largest absolute Gasteiger partial charge is 0.481 e. The molecule has 0 saturated heterocycles. The van der Waals surface area contributed by atoms with E-state index in [1.807, 2.05) is 6.92 Å². The standard InChI is InChI=1S/C15H15ClN2O3/c1-2-18-9-11(16)8-13(18)15(21)17-12-5-3-4-10(6-12)7-14(19)20/h3-6,8-9H,2,7H2,1H3,(H,17,21)(H,19,20). The van der Waals surface area contributed by atoms with E-state index in [-0.39, 0.29) is 12.3 Å². The average molecular weight is 307 g/mol. The summed E-state index contributed by atoms with van der Waals surface area (Å²) >= 11 is 5.91. The van der Waals surface area contributed by atoms with Gasteiger partial charge < -0.3 is 15.0 Å². The van der Waals surface area contributed by atoms with Gasteiger partial charge in [-0.15, -0.1) is 0 Å². The lowest BCUT2D eigenvalue weighted by Gasteiger charge is -2.08. The van der Waals surface area contributed by atoms with Crippen molar-refractivity contribution in [3.8, 4) is 0 Å². The molecule has 0 saturated carbocycles. The van der Waals surface area contributed by atoms with Gasteiger partial charge in [0.05, 0.1) is 11.4 Å². The van der Waals surface area contributed by atoms with Crippen LogP contribution in [0.25, 0.3) is 0 Å². The molecule has 0 aliphatic heterocycles. The second kappa shape index (κ2) is 6.45. The molecule has 110 valence electrons. The van der Waals surface area contributed by atoms with Gasteiger partial charge >= 0.3 is 5.97 Å². The van der Waals surface area contributed by atoms with Crippen molar-refractivity contribution in [2.75, 3.05) is 5.32 Å². The molecule has 0 aliphatic carbocycles. The maximum Gasteiger partial charge on any atom is 0.307 e. The first-order valence-corrected chi connectivity index (χ1v) is 6.85. The van der Waals surface area contributed by atoms with E-state index in [2.05, 4.69) is 5.32 Å². The van der Waals surface area contributed by atoms with Crippen molar-refractivity contribution in [2.45, 2.75) is 19.9 Å². The quantitative estimate of drug-likeness (QED) is 0.892. The number of carbonyl (C=O) groups is 2. The van der Waals surface area contributed by atoms with Crippen molar-refractivity contribution in [3.05, 3.63) is 52.8 Å². The topological polar surface area (TPSA) is 71.3 Å². The van der Waals surface area contributed by atoms with Crippen LogP contribution in [0.15, 0.2) is 36.5 Å². The number of halogens is 1. The van der Waals surface area contributed by atoms with Gasteiger partial charge in [0.15, 0.2) is 0 Å². The molecule has 0 aliphatic rings. The third-order valence-electron chi connectivity index (χ3n) is 2.98. The molecular formula is C15H15ClN2O3. The third-order valence-corrected chi connectivity index (χ3v) is 3.18. The second-order valence-electron chi connectivity index (χ2n) is 4.55. The third kappa shape index (κ3) is 3.86. The number of carbonyl (C=O) groups excluding carboxylic acids is 1. The zero-order chi connectivity index (χ0) is 15.4. The first kappa shape index (κ1) is 15.1. The number of hydrogen-bond donors (Lipinski definition) is 2. The van der Waals surface area contributed by atoms with Crippen molar-refractivity contribution in [1.29, 1.82) is 0 Å². The summed E-state index contributed by atoms with van der Waals surface area (Å²) in [4.78, 5) is 22.9. The molecule has 5 nitrogen and oxygen atoms in total. The molecule has 0 spiro atoms. The highest BCUT2D eigenvalue weighted by atomic mass is 35.5. The molecule has 21 heavy (non-hydrogen) atoms. The van der Waals surface area contributed by atoms with E-state index in [1.165, 1.54) is 0 Å². The summed E-state index contributed by atoms with van der Waals surface area (Å²) in [6, 6.07) is 8.37. The smallest absolute Gasteiger partial charge is 0.307 e. The number of aryl methyl sites for hydroxylation is 1. The van der Waals surface area contributed by atoms with E-state index in [1.54, 1.807) is 41.1 Å². The van der Waals surface area contributed by atoms with Crippen molar-refractivity contribution in [1.82, 2.24) is 4.57 Å². The molecule has 1 amide bonds. The van der Waals surface area contributed by atoms with E-state index in [9.17, 15) is 9.59 Å². The molecule has 1 aromatic heterocycles. The summed E-state index contributed by atoms with van der Waals surface area (Å²) in [6.07, 6.45) is 1.61. The van der Waals surface area contributed by atoms with Crippen LogP contribution in [0.2, 0.25) is 5.02 Å². The Bertz CT molecular complexity index is 679. The fourth-order valence-corrected chi connectivity index (χ4v) is 2.28. The fourth-order valence-electron chi connectivity index (χ4n) is 2.06. The Kier molecular flexibility index (Phi) is 4.65. The van der Waals surface area contributed by atoms with Crippen LogP contribution in [0.4, 0.5) is 5.69 Å². The van der Waals surface area contributed by atoms with Gasteiger partial charge in [0.25, 0.3) is 5.91 Å². The first-order chi connectivity index (χ1) is 9.99. The fraction of sp³-hybridized carbons (Fsp3) is 0.200. The number of aromatic nitrogens is 1. The molecule has 2 aromatic rings. The molecule has 0 fully saturated rings. The van der Waals surface area contributed by atoms with E-state index in [4.69, 9.17) is 16.7 Å². The van der Waals surface area contributed by atoms with Gasteiger partial charge in [-0.3, -0.25) is 9.59 Å². The van der Waals surface area contributed by atoms with Crippen LogP contribution in [-0.4, -0.2) is 21.6 Å². The Morgan fingerprint density at radius 2 is 2.10 bits per heavy atom. The second-order valence-corrected chi connectivity index (χ2v) is 4.99. The normalized spacial score (nSPS) is 10.4. The van der Waals surface area contributed by atoms with Gasteiger partial charge in [0.1, 0.15) is 5.69 Å². The molecule has 0 bridgehead atoms. The lowest BCUT2D eigenvalue weighted by Crippen LogP contribution is -2.16. The van der Waals surface area contributed by atoms with Crippen LogP contribution in [-0.2, 0) is 17.8 Å². The number of hydrogen-bond acceptors (Lipinski definition) is 2. The Hall–Kier alpha value is -2.27. The molecule has 2 N–H and O–H groups in total. The number of benzene rings is 1. The van der Waals surface area contributed by atoms with Crippen molar-refractivity contribution < 1.29 is 14.7 Å². The number of rotatable bonds is 5. The minimum atomic E-state index is -0.912. The zero-order valence-corrected chi connectivity index (χ0v) is 12.2. The predicted molar refractivity (Wildman–Crippen MR) is 80.9 cm³/mol. The summed E-state index contributed by atoms with van der Waals surface area (Å²) in [5.41, 5.74) is 1.65. The van der Waals surface area contributed by atoms with Gasteiger partial charge in [-0.25, -0.2) is 0 Å². The number of amides is 1. The lowest BCUT2D eigenvalue weighted by molar-refractivity contribution is -0.136. The monoisotopic (exact) mass is 306 g/mol. The van der Waals surface area contributed by atoms with Crippen molar-refractivity contribution >= 4 is 29.2 Å². The molecule has 1 heterocycles. The highest BCUT2D eigenvalue weighted by molar-refractivity contribution is 6.31. The number of nitrogens with one attached hydrogen (secondary N) is 1. The molecular weight excluding hydrogens is 292 g/mol. The predicted octanol–water partition coefficient (Wildman–Crippen LogP) is 3.04. The maximum absolute atomic E-state index is 12.2. The Morgan fingerprint density at radius 3 is 2.76 bits per heavy atom. The number of carboxylic acids is 1. The molecule has 0 atom stereocenters. The van der Waals surface area contributed by atoms with Crippen LogP contribution in [0.3, 0.4) is 0 Å². The van der Waals surface area contributed by atoms with Crippen LogP contribution >= 0.6 is 11.6 Å². The van der Waals surface area contributed by atoms with Crippen molar-refractivity contribution in [2.24, 2.45) is 0 Å². The van der Waals surface area contributed by atoms with Gasteiger partial charge in [-0.1, -0.05) is 23.7 Å². The lowest BCUT2D eigenvalue weighted by atomic mass is 10.1. The highest BCUT2D eigenvalue weighted by Crippen LogP contribution is 2.17. The molecule has 6 heteroatoms. The first-order valence-electron chi connectivity index (χ1n) is 6.47. The molecule has 1 aromatic carbocycles. The van der Waals surface area contributed by atoms with Gasteiger partial charge in [-0.2, -0.15) is 0 Å². The molecule has 2 rings (SSSR count). The summed E-state index contributed by atoms with van der Waals surface area (Å²) in [6.45, 7) is 2.55. The van der Waals surface area contributed by atoms with E-state index in [0.717, 1.165) is 0 Å². The molecule has 0 unspecified atom stereocenters. The van der Waals surface area contributed by atoms with Crippen molar-refractivity contribution in [3.63, 3.8) is 0 Å². The van der Waals surface area contributed by atoms with Crippen LogP contribution < -0.4 is 5.32 Å². The minimum absolute atomic E-state index is 0.0825. The van der Waals surface area contributed by atoms with Crippen LogP contribution in [0, 0.1) is 0 Å². The number of nitrogens with zero attached hydrogens (tertiary/aromatic N) is 1. The summed E-state index contributed by atoms with van der Waals surface area (Å²) in [5, 5.41) is 12.0. The van der Waals surface area contributed by atoms with Gasteiger partial charge in [0.2, 0.25) is 0 Å². The summed E-state index contributed by atoms with van der Waals surface area (Å²) in [5.74, 6) is -1.19. The number of aliphatic carboxylic acids is 1. The van der Waals surface area contributed by atoms with Gasteiger partial charge in [0, 0.05) is 18.4 Å². The SMILES string of the molecule is CCn1cc(Cl)cc1C(=O)Nc1cccc(CC(=O)O)c1. The van der Waals surface area contributed by atoms with E-state index >= 15 is 0 Å². The molecule has 0 radical (unpaired) electrons. The highest BCUT2D eigenvalue weighted by Gasteiger charge is 2.13. The summed E-state index contributed by atoms with van der Waals surface area (Å²) in [7, 11) is 0. The number of carboxylic acid groups (broad SMARTS) is 1. The van der Waals surface area contributed by atoms with E-state index < -0.39 is 5.97 Å². The number of anilines is 1. The van der Waals surface area contributed by atoms with Crippen LogP contribution in [0.1, 0.15) is 23.0 Å². The Morgan fingerprint density at radius 1 is 1.33 bits per heavy atom. The average Bonchev–Trinajstić information content (AvgIpc) is 2.79. The maximum atomic E-state index is 12.2.